The average Bonchev–Trinajstić information content (AvgIpc) is 3.05. The first-order valence-corrected chi connectivity index (χ1v) is 9.72. The van der Waals surface area contributed by atoms with Crippen molar-refractivity contribution < 1.29 is 9.84 Å². The molecule has 1 aliphatic carbocycles. The Morgan fingerprint density at radius 1 is 1.08 bits per heavy atom. The van der Waals surface area contributed by atoms with E-state index in [-0.39, 0.29) is 5.92 Å². The lowest BCUT2D eigenvalue weighted by Gasteiger charge is -2.44. The fourth-order valence-corrected chi connectivity index (χ4v) is 5.31. The lowest BCUT2D eigenvalue weighted by atomic mass is 9.64. The highest BCUT2D eigenvalue weighted by Crippen LogP contribution is 2.52. The fraction of sp³-hybridized carbons (Fsp3) is 0.478. The largest absolute Gasteiger partial charge is 0.496 e. The van der Waals surface area contributed by atoms with Crippen molar-refractivity contribution in [2.24, 2.45) is 17.8 Å². The van der Waals surface area contributed by atoms with Gasteiger partial charge in [-0.3, -0.25) is 4.90 Å². The minimum atomic E-state index is -0.805. The maximum atomic E-state index is 11.9. The lowest BCUT2D eigenvalue weighted by molar-refractivity contribution is -0.0822. The van der Waals surface area contributed by atoms with Crippen molar-refractivity contribution in [3.8, 4) is 5.75 Å². The molecular weight excluding hydrogens is 322 g/mol. The van der Waals surface area contributed by atoms with Crippen molar-refractivity contribution in [2.45, 2.75) is 31.9 Å². The van der Waals surface area contributed by atoms with Crippen LogP contribution in [-0.4, -0.2) is 30.2 Å². The number of nitrogens with zero attached hydrogens (tertiary/aromatic N) is 1. The summed E-state index contributed by atoms with van der Waals surface area (Å²) in [6.45, 7) is 5.25. The van der Waals surface area contributed by atoms with E-state index in [9.17, 15) is 5.11 Å². The van der Waals surface area contributed by atoms with Crippen LogP contribution in [0.2, 0.25) is 0 Å². The molecule has 3 heteroatoms. The van der Waals surface area contributed by atoms with Gasteiger partial charge in [-0.2, -0.15) is 0 Å². The summed E-state index contributed by atoms with van der Waals surface area (Å²) in [5.41, 5.74) is 1.51. The van der Waals surface area contributed by atoms with E-state index in [1.165, 1.54) is 12.0 Å². The summed E-state index contributed by atoms with van der Waals surface area (Å²) in [6.07, 6.45) is 2.02. The number of aliphatic hydroxyl groups is 1. The Hall–Kier alpha value is -1.84. The highest BCUT2D eigenvalue weighted by molar-refractivity contribution is 5.39. The van der Waals surface area contributed by atoms with Crippen LogP contribution >= 0.6 is 0 Å². The van der Waals surface area contributed by atoms with E-state index in [1.807, 2.05) is 24.3 Å². The van der Waals surface area contributed by atoms with Gasteiger partial charge in [-0.05, 0) is 36.3 Å². The summed E-state index contributed by atoms with van der Waals surface area (Å²) in [7, 11) is 1.70. The smallest absolute Gasteiger partial charge is 0.124 e. The molecule has 138 valence electrons. The number of hydrogen-bond acceptors (Lipinski definition) is 3. The van der Waals surface area contributed by atoms with Gasteiger partial charge >= 0.3 is 0 Å². The third-order valence-electron chi connectivity index (χ3n) is 6.32. The number of benzene rings is 2. The minimum Gasteiger partial charge on any atom is -0.496 e. The average molecular weight is 351 g/mol. The molecule has 4 unspecified atom stereocenters. The van der Waals surface area contributed by atoms with Crippen LogP contribution < -0.4 is 4.74 Å². The minimum absolute atomic E-state index is 0.263. The van der Waals surface area contributed by atoms with Gasteiger partial charge in [0.25, 0.3) is 0 Å². The molecule has 2 aliphatic rings. The molecule has 3 nitrogen and oxygen atoms in total. The molecule has 0 radical (unpaired) electrons. The Morgan fingerprint density at radius 2 is 1.81 bits per heavy atom. The summed E-state index contributed by atoms with van der Waals surface area (Å²) < 4.78 is 5.60. The first-order chi connectivity index (χ1) is 12.6. The first kappa shape index (κ1) is 17.6. The van der Waals surface area contributed by atoms with Crippen molar-refractivity contribution in [3.05, 3.63) is 65.7 Å². The molecule has 4 rings (SSSR count). The first-order valence-electron chi connectivity index (χ1n) is 9.72. The maximum Gasteiger partial charge on any atom is 0.124 e. The second-order valence-corrected chi connectivity index (χ2v) is 8.22. The maximum absolute atomic E-state index is 11.9. The van der Waals surface area contributed by atoms with Gasteiger partial charge < -0.3 is 9.84 Å². The molecule has 26 heavy (non-hydrogen) atoms. The Labute approximate surface area is 156 Å². The molecule has 1 aliphatic heterocycles. The molecule has 2 aromatic rings. The number of fused-ring (bicyclic) bond motifs is 1. The number of ether oxygens (including phenoxy) is 1. The van der Waals surface area contributed by atoms with E-state index >= 15 is 0 Å². The van der Waals surface area contributed by atoms with Crippen LogP contribution in [0, 0.1) is 17.8 Å². The van der Waals surface area contributed by atoms with Gasteiger partial charge in [-0.25, -0.2) is 0 Å². The molecule has 0 bridgehead atoms. The van der Waals surface area contributed by atoms with Gasteiger partial charge in [0, 0.05) is 31.1 Å². The number of para-hydroxylation sites is 1. The highest BCUT2D eigenvalue weighted by atomic mass is 16.5. The van der Waals surface area contributed by atoms with Gasteiger partial charge in [0.15, 0.2) is 0 Å². The zero-order valence-electron chi connectivity index (χ0n) is 15.8. The predicted molar refractivity (Wildman–Crippen MR) is 104 cm³/mol. The molecule has 1 heterocycles. The highest BCUT2D eigenvalue weighted by Gasteiger charge is 2.52. The number of rotatable bonds is 4. The zero-order valence-corrected chi connectivity index (χ0v) is 15.8. The van der Waals surface area contributed by atoms with E-state index in [1.54, 1.807) is 7.11 Å². The Morgan fingerprint density at radius 3 is 2.58 bits per heavy atom. The monoisotopic (exact) mass is 351 g/mol. The molecule has 1 N–H and O–H groups in total. The summed E-state index contributed by atoms with van der Waals surface area (Å²) in [4.78, 5) is 2.52. The van der Waals surface area contributed by atoms with Crippen molar-refractivity contribution in [1.82, 2.24) is 4.90 Å². The van der Waals surface area contributed by atoms with Crippen LogP contribution in [0.3, 0.4) is 0 Å². The third-order valence-corrected chi connectivity index (χ3v) is 6.32. The molecule has 0 amide bonds. The van der Waals surface area contributed by atoms with Crippen LogP contribution in [0.1, 0.15) is 30.9 Å². The fourth-order valence-electron chi connectivity index (χ4n) is 5.31. The predicted octanol–water partition coefficient (Wildman–Crippen LogP) is 4.06. The van der Waals surface area contributed by atoms with E-state index in [0.717, 1.165) is 37.4 Å². The van der Waals surface area contributed by atoms with Crippen LogP contribution in [-0.2, 0) is 12.1 Å². The topological polar surface area (TPSA) is 32.7 Å². The van der Waals surface area contributed by atoms with Gasteiger partial charge in [-0.1, -0.05) is 55.5 Å². The molecule has 1 saturated carbocycles. The van der Waals surface area contributed by atoms with Gasteiger partial charge in [0.2, 0.25) is 0 Å². The van der Waals surface area contributed by atoms with Crippen LogP contribution in [0.15, 0.2) is 54.6 Å². The van der Waals surface area contributed by atoms with Crippen molar-refractivity contribution in [2.75, 3.05) is 20.2 Å². The SMILES string of the molecule is COc1ccccc1C1(O)CC(C)CC2CN(Cc3ccccc3)CC21. The summed E-state index contributed by atoms with van der Waals surface area (Å²) in [6, 6.07) is 18.7. The van der Waals surface area contributed by atoms with E-state index in [0.29, 0.717) is 11.8 Å². The summed E-state index contributed by atoms with van der Waals surface area (Å²) in [5, 5.41) is 11.9. The van der Waals surface area contributed by atoms with E-state index < -0.39 is 5.60 Å². The van der Waals surface area contributed by atoms with Gasteiger partial charge in [-0.15, -0.1) is 0 Å². The van der Waals surface area contributed by atoms with Gasteiger partial charge in [0.05, 0.1) is 12.7 Å². The number of likely N-dealkylation sites (tertiary alicyclic amines) is 1. The molecule has 0 spiro atoms. The molecule has 4 atom stereocenters. The Bertz CT molecular complexity index is 747. The number of hydrogen-bond donors (Lipinski definition) is 1. The van der Waals surface area contributed by atoms with Crippen molar-refractivity contribution in [3.63, 3.8) is 0 Å². The summed E-state index contributed by atoms with van der Waals surface area (Å²) >= 11 is 0. The summed E-state index contributed by atoms with van der Waals surface area (Å²) in [5.74, 6) is 2.13. The molecule has 1 saturated heterocycles. The quantitative estimate of drug-likeness (QED) is 0.902. The second-order valence-electron chi connectivity index (χ2n) is 8.22. The Kier molecular flexibility index (Phi) is 4.76. The zero-order chi connectivity index (χ0) is 18.1. The van der Waals surface area contributed by atoms with E-state index in [2.05, 4.69) is 42.2 Å². The van der Waals surface area contributed by atoms with Crippen molar-refractivity contribution in [1.29, 1.82) is 0 Å². The number of methoxy groups -OCH3 is 1. The molecule has 2 fully saturated rings. The Balaban J connectivity index is 1.62. The lowest BCUT2D eigenvalue weighted by Crippen LogP contribution is -2.45. The van der Waals surface area contributed by atoms with Crippen LogP contribution in [0.4, 0.5) is 0 Å². The second kappa shape index (κ2) is 7.05. The van der Waals surface area contributed by atoms with Crippen LogP contribution in [0.5, 0.6) is 5.75 Å². The van der Waals surface area contributed by atoms with Crippen LogP contribution in [0.25, 0.3) is 0 Å². The third kappa shape index (κ3) is 3.15. The standard InChI is InChI=1S/C23H29NO2/c1-17-12-19-15-24(14-18-8-4-3-5-9-18)16-21(19)23(25,13-17)20-10-6-7-11-22(20)26-2/h3-11,17,19,21,25H,12-16H2,1-2H3. The van der Waals surface area contributed by atoms with E-state index in [4.69, 9.17) is 4.74 Å². The normalized spacial score (nSPS) is 31.6. The molecular formula is C23H29NO2. The van der Waals surface area contributed by atoms with Crippen molar-refractivity contribution >= 4 is 0 Å². The molecule has 2 aromatic carbocycles. The molecule has 0 aromatic heterocycles. The van der Waals surface area contributed by atoms with Gasteiger partial charge in [0.1, 0.15) is 5.75 Å².